The van der Waals surface area contributed by atoms with Crippen molar-refractivity contribution < 1.29 is 9.68 Å². The molecule has 0 radical (unpaired) electrons. The van der Waals surface area contributed by atoms with Gasteiger partial charge in [-0.3, -0.25) is 0 Å². The van der Waals surface area contributed by atoms with Gasteiger partial charge >= 0.3 is 0 Å². The average molecular weight is 192 g/mol. The van der Waals surface area contributed by atoms with E-state index in [9.17, 15) is 0 Å². The summed E-state index contributed by atoms with van der Waals surface area (Å²) in [6, 6.07) is 0. The Morgan fingerprint density at radius 1 is 0.714 bits per heavy atom. The first-order valence-electron chi connectivity index (χ1n) is 3.95. The summed E-state index contributed by atoms with van der Waals surface area (Å²) in [6.07, 6.45) is 13.3. The van der Waals surface area contributed by atoms with Crippen LogP contribution in [0.15, 0.2) is 59.7 Å². The van der Waals surface area contributed by atoms with Crippen molar-refractivity contribution in [2.45, 2.75) is 0 Å². The molecule has 0 aliphatic carbocycles. The lowest BCUT2D eigenvalue weighted by atomic mass is 10.6. The molecular weight excluding hydrogens is 184 g/mol. The Morgan fingerprint density at radius 2 is 1.21 bits per heavy atom. The molecule has 0 N–H and O–H groups in total. The Morgan fingerprint density at radius 3 is 1.57 bits per heavy atom. The molecule has 0 fully saturated rings. The molecule has 0 aromatic heterocycles. The topological polar surface area (TPSA) is 49.7 Å². The lowest BCUT2D eigenvalue weighted by molar-refractivity contribution is -0.107. The third kappa shape index (κ3) is 2.13. The van der Waals surface area contributed by atoms with Crippen molar-refractivity contribution in [3.05, 3.63) is 49.2 Å². The molecule has 0 bridgehead atoms. The highest BCUT2D eigenvalue weighted by molar-refractivity contribution is 5.01. The highest BCUT2D eigenvalue weighted by Crippen LogP contribution is 2.05. The third-order valence-corrected chi connectivity index (χ3v) is 1.36. The minimum Gasteiger partial charge on any atom is -0.364 e. The summed E-state index contributed by atoms with van der Waals surface area (Å²) >= 11 is 0. The maximum atomic E-state index is 4.95. The maximum absolute atomic E-state index is 4.95. The molecule has 2 heterocycles. The molecular formula is C8H8N4O2. The lowest BCUT2D eigenvalue weighted by Gasteiger charge is -2.15. The van der Waals surface area contributed by atoms with E-state index < -0.39 is 0 Å². The van der Waals surface area contributed by atoms with Gasteiger partial charge in [-0.2, -0.15) is 0 Å². The van der Waals surface area contributed by atoms with E-state index in [-0.39, 0.29) is 0 Å². The quantitative estimate of drug-likeness (QED) is 0.626. The Labute approximate surface area is 80.6 Å². The molecule has 6 heteroatoms. The number of hydrogen-bond donors (Lipinski definition) is 0. The molecule has 0 spiro atoms. The van der Waals surface area contributed by atoms with Crippen molar-refractivity contribution in [3.8, 4) is 0 Å². The molecule has 2 aliphatic rings. The van der Waals surface area contributed by atoms with Gasteiger partial charge in [-0.25, -0.2) is 0 Å². The van der Waals surface area contributed by atoms with Crippen LogP contribution in [0.1, 0.15) is 0 Å². The fourth-order valence-electron chi connectivity index (χ4n) is 0.783. The molecule has 2 rings (SSSR count). The van der Waals surface area contributed by atoms with E-state index in [4.69, 9.17) is 9.68 Å². The highest BCUT2D eigenvalue weighted by atomic mass is 16.7. The first kappa shape index (κ1) is 8.36. The van der Waals surface area contributed by atoms with Crippen LogP contribution in [0.4, 0.5) is 0 Å². The minimum atomic E-state index is 1.20. The van der Waals surface area contributed by atoms with E-state index in [0.29, 0.717) is 0 Å². The summed E-state index contributed by atoms with van der Waals surface area (Å²) in [6.45, 7) is 0. The van der Waals surface area contributed by atoms with Gasteiger partial charge in [0.25, 0.3) is 0 Å². The Hall–Kier alpha value is -2.24. The summed E-state index contributed by atoms with van der Waals surface area (Å²) in [5.74, 6) is 0. The van der Waals surface area contributed by atoms with Crippen LogP contribution < -0.4 is 0 Å². The van der Waals surface area contributed by atoms with Crippen molar-refractivity contribution in [2.24, 2.45) is 10.4 Å². The summed E-state index contributed by atoms with van der Waals surface area (Å²) < 4.78 is 0. The normalized spacial score (nSPS) is 18.9. The average Bonchev–Trinajstić information content (AvgIpc) is 2.29. The predicted molar refractivity (Wildman–Crippen MR) is 47.3 cm³/mol. The van der Waals surface area contributed by atoms with E-state index in [1.54, 1.807) is 36.7 Å². The zero-order valence-electron chi connectivity index (χ0n) is 7.22. The fraction of sp³-hybridized carbons (Fsp3) is 0. The molecule has 0 amide bonds. The Balaban J connectivity index is 1.87. The van der Waals surface area contributed by atoms with E-state index >= 15 is 0 Å². The van der Waals surface area contributed by atoms with Crippen molar-refractivity contribution in [1.82, 2.24) is 10.3 Å². The Kier molecular flexibility index (Phi) is 2.46. The second-order valence-corrected chi connectivity index (χ2v) is 2.33. The zero-order valence-corrected chi connectivity index (χ0v) is 7.22. The second-order valence-electron chi connectivity index (χ2n) is 2.33. The van der Waals surface area contributed by atoms with Crippen LogP contribution >= 0.6 is 0 Å². The molecule has 0 unspecified atom stereocenters. The van der Waals surface area contributed by atoms with Crippen LogP contribution in [-0.2, 0) is 9.68 Å². The van der Waals surface area contributed by atoms with Crippen molar-refractivity contribution in [2.75, 3.05) is 0 Å². The number of hydrogen-bond acceptors (Lipinski definition) is 4. The van der Waals surface area contributed by atoms with Crippen LogP contribution in [0.5, 0.6) is 0 Å². The van der Waals surface area contributed by atoms with E-state index in [1.165, 1.54) is 22.9 Å². The minimum absolute atomic E-state index is 1.20. The van der Waals surface area contributed by atoms with E-state index in [0.717, 1.165) is 0 Å². The van der Waals surface area contributed by atoms with Gasteiger partial charge in [0.05, 0.1) is 12.4 Å². The molecule has 0 saturated carbocycles. The molecule has 0 aromatic carbocycles. The van der Waals surface area contributed by atoms with Gasteiger partial charge in [0.2, 0.25) is 0 Å². The first-order valence-corrected chi connectivity index (χ1v) is 3.95. The number of rotatable bonds is 2. The van der Waals surface area contributed by atoms with Gasteiger partial charge in [0.1, 0.15) is 12.5 Å². The standard InChI is InChI=1S/C8H8N4O2/c1-3-7-13-11(5-1)9-10-12-6-2-4-8-14-12/h1-8H/b10-9+. The molecule has 0 saturated heterocycles. The zero-order chi connectivity index (χ0) is 9.64. The highest BCUT2D eigenvalue weighted by Gasteiger charge is 2.00. The van der Waals surface area contributed by atoms with Crippen molar-refractivity contribution in [1.29, 1.82) is 0 Å². The van der Waals surface area contributed by atoms with Crippen LogP contribution in [0.25, 0.3) is 0 Å². The van der Waals surface area contributed by atoms with Crippen LogP contribution in [0, 0.1) is 0 Å². The second kappa shape index (κ2) is 4.13. The fourth-order valence-corrected chi connectivity index (χ4v) is 0.783. The lowest BCUT2D eigenvalue weighted by Crippen LogP contribution is -2.12. The molecule has 0 aromatic rings. The first-order chi connectivity index (χ1) is 6.95. The summed E-state index contributed by atoms with van der Waals surface area (Å²) in [5, 5.41) is 9.85. The number of allylic oxidation sites excluding steroid dienone is 4. The SMILES string of the molecule is C1=CON(/N=N/N2C=CC=CO2)C=C1. The van der Waals surface area contributed by atoms with Gasteiger partial charge in [-0.05, 0) is 34.8 Å². The largest absolute Gasteiger partial charge is 0.364 e. The predicted octanol–water partition coefficient (Wildman–Crippen LogP) is 1.82. The van der Waals surface area contributed by atoms with Gasteiger partial charge < -0.3 is 9.68 Å². The van der Waals surface area contributed by atoms with Crippen molar-refractivity contribution >= 4 is 0 Å². The van der Waals surface area contributed by atoms with Crippen molar-refractivity contribution in [3.63, 3.8) is 0 Å². The number of nitrogens with zero attached hydrogens (tertiary/aromatic N) is 4. The van der Waals surface area contributed by atoms with Crippen LogP contribution in [-0.4, -0.2) is 10.3 Å². The van der Waals surface area contributed by atoms with Gasteiger partial charge in [-0.15, -0.1) is 0 Å². The van der Waals surface area contributed by atoms with Gasteiger partial charge in [0, 0.05) is 0 Å². The summed E-state index contributed by atoms with van der Waals surface area (Å²) in [4.78, 5) is 9.90. The van der Waals surface area contributed by atoms with E-state index in [2.05, 4.69) is 10.4 Å². The summed E-state index contributed by atoms with van der Waals surface area (Å²) in [5.41, 5.74) is 0. The van der Waals surface area contributed by atoms with Crippen LogP contribution in [0.2, 0.25) is 0 Å². The number of hydroxylamine groups is 2. The maximum Gasteiger partial charge on any atom is 0.122 e. The molecule has 0 atom stereocenters. The monoisotopic (exact) mass is 192 g/mol. The van der Waals surface area contributed by atoms with Crippen LogP contribution in [0.3, 0.4) is 0 Å². The van der Waals surface area contributed by atoms with E-state index in [1.807, 2.05) is 0 Å². The van der Waals surface area contributed by atoms with Gasteiger partial charge in [-0.1, -0.05) is 10.3 Å². The molecule has 14 heavy (non-hydrogen) atoms. The smallest absolute Gasteiger partial charge is 0.122 e. The summed E-state index contributed by atoms with van der Waals surface area (Å²) in [7, 11) is 0. The molecule has 72 valence electrons. The Bertz CT molecular complexity index is 300. The van der Waals surface area contributed by atoms with Gasteiger partial charge in [0.15, 0.2) is 0 Å². The molecule has 6 nitrogen and oxygen atoms in total. The third-order valence-electron chi connectivity index (χ3n) is 1.36. The molecule has 2 aliphatic heterocycles.